The molecule has 1 fully saturated rings. The minimum Gasteiger partial charge on any atom is -0.481 e. The van der Waals surface area contributed by atoms with E-state index < -0.39 is 0 Å². The van der Waals surface area contributed by atoms with E-state index in [4.69, 9.17) is 10.5 Å². The number of hydrogen-bond donors (Lipinski definition) is 1. The van der Waals surface area contributed by atoms with Gasteiger partial charge in [-0.25, -0.2) is 4.98 Å². The third-order valence-corrected chi connectivity index (χ3v) is 5.11. The SMILES string of the molecule is CCC1CC(N)c2nc(OC)ccc2N1CC1CCCC1. The lowest BCUT2D eigenvalue weighted by Crippen LogP contribution is -2.44. The van der Waals surface area contributed by atoms with E-state index in [1.54, 1.807) is 7.11 Å². The summed E-state index contributed by atoms with van der Waals surface area (Å²) in [7, 11) is 1.66. The highest BCUT2D eigenvalue weighted by molar-refractivity contribution is 5.56. The van der Waals surface area contributed by atoms with Gasteiger partial charge in [0, 0.05) is 18.7 Å². The van der Waals surface area contributed by atoms with Crippen molar-refractivity contribution in [1.82, 2.24) is 4.98 Å². The van der Waals surface area contributed by atoms with Crippen LogP contribution in [0, 0.1) is 5.92 Å². The van der Waals surface area contributed by atoms with Crippen LogP contribution in [0.25, 0.3) is 0 Å². The number of anilines is 1. The highest BCUT2D eigenvalue weighted by Gasteiger charge is 2.33. The first-order chi connectivity index (χ1) is 10.2. The van der Waals surface area contributed by atoms with Gasteiger partial charge in [0.25, 0.3) is 0 Å². The standard InChI is InChI=1S/C17H27N3O/c1-3-13-10-14(18)17-15(8-9-16(19-17)21-2)20(13)11-12-6-4-5-7-12/h8-9,12-14H,3-7,10-11,18H2,1-2H3. The van der Waals surface area contributed by atoms with Gasteiger partial charge in [0.1, 0.15) is 0 Å². The number of pyridine rings is 1. The molecule has 2 N–H and O–H groups in total. The smallest absolute Gasteiger partial charge is 0.213 e. The van der Waals surface area contributed by atoms with E-state index in [1.165, 1.54) is 31.4 Å². The number of hydrogen-bond acceptors (Lipinski definition) is 4. The Hall–Kier alpha value is -1.29. The van der Waals surface area contributed by atoms with Crippen LogP contribution in [0.5, 0.6) is 5.88 Å². The number of nitrogens with two attached hydrogens (primary N) is 1. The molecule has 4 nitrogen and oxygen atoms in total. The van der Waals surface area contributed by atoms with Crippen molar-refractivity contribution in [3.8, 4) is 5.88 Å². The summed E-state index contributed by atoms with van der Waals surface area (Å²) in [4.78, 5) is 7.19. The highest BCUT2D eigenvalue weighted by Crippen LogP contribution is 2.38. The van der Waals surface area contributed by atoms with E-state index in [2.05, 4.69) is 22.9 Å². The molecule has 2 atom stereocenters. The van der Waals surface area contributed by atoms with Gasteiger partial charge in [0.15, 0.2) is 0 Å². The number of methoxy groups -OCH3 is 1. The van der Waals surface area contributed by atoms with Gasteiger partial charge < -0.3 is 15.4 Å². The van der Waals surface area contributed by atoms with Gasteiger partial charge >= 0.3 is 0 Å². The van der Waals surface area contributed by atoms with E-state index >= 15 is 0 Å². The minimum absolute atomic E-state index is 0.0277. The van der Waals surface area contributed by atoms with Gasteiger partial charge in [0.05, 0.1) is 24.5 Å². The van der Waals surface area contributed by atoms with Crippen LogP contribution in [0.1, 0.15) is 57.2 Å². The lowest BCUT2D eigenvalue weighted by molar-refractivity contribution is 0.383. The molecule has 0 amide bonds. The number of rotatable bonds is 4. The topological polar surface area (TPSA) is 51.4 Å². The fraction of sp³-hybridized carbons (Fsp3) is 0.706. The number of aromatic nitrogens is 1. The number of fused-ring (bicyclic) bond motifs is 1. The fourth-order valence-corrected chi connectivity index (χ4v) is 3.91. The third kappa shape index (κ3) is 2.86. The number of ether oxygens (including phenoxy) is 1. The molecule has 2 heterocycles. The van der Waals surface area contributed by atoms with Crippen LogP contribution >= 0.6 is 0 Å². The van der Waals surface area contributed by atoms with Crippen molar-refractivity contribution in [1.29, 1.82) is 0 Å². The molecular formula is C17H27N3O. The Labute approximate surface area is 127 Å². The molecule has 0 aromatic carbocycles. The average molecular weight is 289 g/mol. The zero-order valence-corrected chi connectivity index (χ0v) is 13.2. The fourth-order valence-electron chi connectivity index (χ4n) is 3.91. The van der Waals surface area contributed by atoms with Crippen molar-refractivity contribution in [2.24, 2.45) is 11.7 Å². The van der Waals surface area contributed by atoms with Crippen molar-refractivity contribution >= 4 is 5.69 Å². The van der Waals surface area contributed by atoms with E-state index in [-0.39, 0.29) is 6.04 Å². The van der Waals surface area contributed by atoms with E-state index in [1.807, 2.05) is 6.07 Å². The largest absolute Gasteiger partial charge is 0.481 e. The molecule has 21 heavy (non-hydrogen) atoms. The molecule has 0 radical (unpaired) electrons. The lowest BCUT2D eigenvalue weighted by atomic mass is 9.92. The molecule has 2 aliphatic rings. The quantitative estimate of drug-likeness (QED) is 0.924. The molecule has 1 aliphatic heterocycles. The zero-order valence-electron chi connectivity index (χ0n) is 13.2. The van der Waals surface area contributed by atoms with Crippen LogP contribution < -0.4 is 15.4 Å². The highest BCUT2D eigenvalue weighted by atomic mass is 16.5. The molecule has 0 spiro atoms. The Morgan fingerprint density at radius 2 is 2.10 bits per heavy atom. The first-order valence-corrected chi connectivity index (χ1v) is 8.30. The normalized spacial score (nSPS) is 26.0. The van der Waals surface area contributed by atoms with Crippen LogP contribution in [0.4, 0.5) is 5.69 Å². The molecule has 1 saturated carbocycles. The molecule has 1 aliphatic carbocycles. The maximum Gasteiger partial charge on any atom is 0.213 e. The second-order valence-corrected chi connectivity index (χ2v) is 6.47. The van der Waals surface area contributed by atoms with E-state index in [0.29, 0.717) is 11.9 Å². The van der Waals surface area contributed by atoms with E-state index in [0.717, 1.165) is 31.0 Å². The van der Waals surface area contributed by atoms with E-state index in [9.17, 15) is 0 Å². The molecule has 0 saturated heterocycles. The predicted octanol–water partition coefficient (Wildman–Crippen LogP) is 3.27. The molecule has 1 aromatic heterocycles. The summed E-state index contributed by atoms with van der Waals surface area (Å²) in [6.07, 6.45) is 7.67. The summed E-state index contributed by atoms with van der Waals surface area (Å²) >= 11 is 0. The Kier molecular flexibility index (Phi) is 4.34. The average Bonchev–Trinajstić information content (AvgIpc) is 3.02. The molecule has 0 bridgehead atoms. The first kappa shape index (κ1) is 14.6. The van der Waals surface area contributed by atoms with Gasteiger partial charge in [-0.05, 0) is 37.7 Å². The summed E-state index contributed by atoms with van der Waals surface area (Å²) in [5, 5.41) is 0. The van der Waals surface area contributed by atoms with Crippen molar-refractivity contribution < 1.29 is 4.74 Å². The van der Waals surface area contributed by atoms with Gasteiger partial charge in [-0.3, -0.25) is 0 Å². The third-order valence-electron chi connectivity index (χ3n) is 5.11. The zero-order chi connectivity index (χ0) is 14.8. The maximum absolute atomic E-state index is 6.36. The molecule has 116 valence electrons. The molecule has 3 rings (SSSR count). The Morgan fingerprint density at radius 1 is 1.33 bits per heavy atom. The Morgan fingerprint density at radius 3 is 2.76 bits per heavy atom. The van der Waals surface area contributed by atoms with Crippen LogP contribution in [0.15, 0.2) is 12.1 Å². The second kappa shape index (κ2) is 6.22. The van der Waals surface area contributed by atoms with Crippen molar-refractivity contribution in [2.45, 2.75) is 57.5 Å². The number of nitrogens with zero attached hydrogens (tertiary/aromatic N) is 2. The van der Waals surface area contributed by atoms with Gasteiger partial charge in [-0.2, -0.15) is 0 Å². The summed E-state index contributed by atoms with van der Waals surface area (Å²) in [5.41, 5.74) is 8.60. The van der Waals surface area contributed by atoms with Crippen LogP contribution in [0.3, 0.4) is 0 Å². The minimum atomic E-state index is 0.0277. The first-order valence-electron chi connectivity index (χ1n) is 8.30. The molecule has 4 heteroatoms. The monoisotopic (exact) mass is 289 g/mol. The van der Waals surface area contributed by atoms with Gasteiger partial charge in [-0.15, -0.1) is 0 Å². The van der Waals surface area contributed by atoms with Crippen LogP contribution in [0.2, 0.25) is 0 Å². The Balaban J connectivity index is 1.90. The molecular weight excluding hydrogens is 262 g/mol. The van der Waals surface area contributed by atoms with Gasteiger partial charge in [-0.1, -0.05) is 19.8 Å². The summed E-state index contributed by atoms with van der Waals surface area (Å²) in [6.45, 7) is 3.42. The summed E-state index contributed by atoms with van der Waals surface area (Å²) in [5.74, 6) is 1.50. The van der Waals surface area contributed by atoms with Crippen molar-refractivity contribution in [2.75, 3.05) is 18.6 Å². The lowest BCUT2D eigenvalue weighted by Gasteiger charge is -2.41. The predicted molar refractivity (Wildman–Crippen MR) is 85.7 cm³/mol. The summed E-state index contributed by atoms with van der Waals surface area (Å²) in [6, 6.07) is 4.69. The van der Waals surface area contributed by atoms with Crippen LogP contribution in [-0.2, 0) is 0 Å². The summed E-state index contributed by atoms with van der Waals surface area (Å²) < 4.78 is 5.27. The second-order valence-electron chi connectivity index (χ2n) is 6.47. The van der Waals surface area contributed by atoms with Crippen LogP contribution in [-0.4, -0.2) is 24.7 Å². The van der Waals surface area contributed by atoms with Crippen molar-refractivity contribution in [3.63, 3.8) is 0 Å². The molecule has 2 unspecified atom stereocenters. The Bertz CT molecular complexity index is 485. The maximum atomic E-state index is 6.36. The molecule has 1 aromatic rings. The van der Waals surface area contributed by atoms with Gasteiger partial charge in [0.2, 0.25) is 5.88 Å². The van der Waals surface area contributed by atoms with Crippen molar-refractivity contribution in [3.05, 3.63) is 17.8 Å².